The zero-order valence-corrected chi connectivity index (χ0v) is 16.4. The Morgan fingerprint density at radius 3 is 2.29 bits per heavy atom. The Bertz CT molecular complexity index is 874. The first-order valence-electron chi connectivity index (χ1n) is 9.67. The van der Waals surface area contributed by atoms with Gasteiger partial charge in [0.05, 0.1) is 0 Å². The highest BCUT2D eigenvalue weighted by atomic mass is 35.5. The number of aromatic nitrogens is 1. The van der Waals surface area contributed by atoms with E-state index in [9.17, 15) is 9.59 Å². The summed E-state index contributed by atoms with van der Waals surface area (Å²) in [7, 11) is 0. The molecule has 4 rings (SSSR count). The van der Waals surface area contributed by atoms with Crippen molar-refractivity contribution in [1.82, 2.24) is 14.8 Å². The van der Waals surface area contributed by atoms with Crippen molar-refractivity contribution in [3.05, 3.63) is 58.9 Å². The van der Waals surface area contributed by atoms with Gasteiger partial charge in [0.25, 0.3) is 11.8 Å². The van der Waals surface area contributed by atoms with Crippen LogP contribution < -0.4 is 4.90 Å². The molecule has 2 aromatic rings. The number of amides is 2. The van der Waals surface area contributed by atoms with E-state index in [1.807, 2.05) is 29.2 Å². The fourth-order valence-corrected chi connectivity index (χ4v) is 3.97. The molecule has 0 unspecified atom stereocenters. The Kier molecular flexibility index (Phi) is 5.48. The summed E-state index contributed by atoms with van der Waals surface area (Å²) in [4.78, 5) is 35.6. The molecule has 146 valence electrons. The second-order valence-electron chi connectivity index (χ2n) is 7.19. The summed E-state index contributed by atoms with van der Waals surface area (Å²) in [5, 5.41) is 0.708. The molecule has 1 aromatic carbocycles. The first kappa shape index (κ1) is 18.7. The maximum atomic E-state index is 12.9. The average molecular weight is 399 g/mol. The molecule has 6 nitrogen and oxygen atoms in total. The summed E-state index contributed by atoms with van der Waals surface area (Å²) in [6, 6.07) is 11.1. The summed E-state index contributed by atoms with van der Waals surface area (Å²) in [6.45, 7) is 4.26. The Balaban J connectivity index is 1.41. The number of benzene rings is 1. The number of rotatable bonds is 3. The second-order valence-corrected chi connectivity index (χ2v) is 7.62. The molecule has 0 aliphatic carbocycles. The van der Waals surface area contributed by atoms with Crippen molar-refractivity contribution in [3.8, 4) is 0 Å². The maximum absolute atomic E-state index is 12.9. The summed E-state index contributed by atoms with van der Waals surface area (Å²) in [5.74, 6) is -0.137. The lowest BCUT2D eigenvalue weighted by molar-refractivity contribution is 0.0740. The van der Waals surface area contributed by atoms with Crippen LogP contribution in [0.1, 0.15) is 33.7 Å². The van der Waals surface area contributed by atoms with E-state index in [1.54, 1.807) is 23.2 Å². The van der Waals surface area contributed by atoms with Crippen molar-refractivity contribution in [1.29, 1.82) is 0 Å². The highest BCUT2D eigenvalue weighted by molar-refractivity contribution is 6.30. The first-order valence-corrected chi connectivity index (χ1v) is 10.0. The first-order chi connectivity index (χ1) is 13.6. The lowest BCUT2D eigenvalue weighted by Crippen LogP contribution is -2.49. The van der Waals surface area contributed by atoms with Crippen LogP contribution in [0.5, 0.6) is 0 Å². The normalized spacial score (nSPS) is 17.1. The predicted molar refractivity (Wildman–Crippen MR) is 109 cm³/mol. The van der Waals surface area contributed by atoms with Gasteiger partial charge in [0.2, 0.25) is 0 Å². The van der Waals surface area contributed by atoms with Gasteiger partial charge < -0.3 is 14.7 Å². The number of carbonyl (C=O) groups excluding carboxylic acids is 2. The van der Waals surface area contributed by atoms with E-state index in [4.69, 9.17) is 11.6 Å². The smallest absolute Gasteiger partial charge is 0.272 e. The van der Waals surface area contributed by atoms with E-state index >= 15 is 0 Å². The minimum Gasteiger partial charge on any atom is -0.368 e. The molecule has 7 heteroatoms. The molecule has 0 atom stereocenters. The third-order valence-electron chi connectivity index (χ3n) is 5.36. The molecule has 2 saturated heterocycles. The van der Waals surface area contributed by atoms with Crippen molar-refractivity contribution >= 4 is 29.1 Å². The predicted octanol–water partition coefficient (Wildman–Crippen LogP) is 2.93. The molecule has 28 heavy (non-hydrogen) atoms. The van der Waals surface area contributed by atoms with Gasteiger partial charge in [-0.1, -0.05) is 17.7 Å². The molecule has 1 aromatic heterocycles. The summed E-state index contributed by atoms with van der Waals surface area (Å²) in [6.07, 6.45) is 3.64. The number of piperazine rings is 1. The number of anilines is 1. The SMILES string of the molecule is O=C(c1ccnc(C(=O)N2CCN(c3cccc(Cl)c3)CC2)c1)N1CCCC1. The molecule has 2 aliphatic rings. The van der Waals surface area contributed by atoms with Crippen LogP contribution in [0.25, 0.3) is 0 Å². The molecule has 2 fully saturated rings. The van der Waals surface area contributed by atoms with Crippen LogP contribution in [0.3, 0.4) is 0 Å². The molecule has 0 spiro atoms. The number of carbonyl (C=O) groups is 2. The minimum absolute atomic E-state index is 0.0141. The fraction of sp³-hybridized carbons (Fsp3) is 0.381. The Morgan fingerprint density at radius 2 is 1.57 bits per heavy atom. The van der Waals surface area contributed by atoms with E-state index in [1.165, 1.54) is 0 Å². The topological polar surface area (TPSA) is 56.8 Å². The molecule has 2 amide bonds. The summed E-state index contributed by atoms with van der Waals surface area (Å²) < 4.78 is 0. The minimum atomic E-state index is -0.123. The van der Waals surface area contributed by atoms with Crippen LogP contribution in [0.15, 0.2) is 42.6 Å². The van der Waals surface area contributed by atoms with Crippen LogP contribution in [-0.4, -0.2) is 65.9 Å². The second kappa shape index (κ2) is 8.19. The van der Waals surface area contributed by atoms with Gasteiger partial charge in [0.15, 0.2) is 0 Å². The van der Waals surface area contributed by atoms with Gasteiger partial charge >= 0.3 is 0 Å². The lowest BCUT2D eigenvalue weighted by Gasteiger charge is -2.36. The number of nitrogens with zero attached hydrogens (tertiary/aromatic N) is 4. The molecular formula is C21H23ClN4O2. The number of halogens is 1. The van der Waals surface area contributed by atoms with E-state index in [0.29, 0.717) is 29.4 Å². The molecule has 0 radical (unpaired) electrons. The van der Waals surface area contributed by atoms with Gasteiger partial charge in [0, 0.05) is 61.7 Å². The average Bonchev–Trinajstić information content (AvgIpc) is 3.28. The van der Waals surface area contributed by atoms with E-state index in [2.05, 4.69) is 9.88 Å². The van der Waals surface area contributed by atoms with Crippen molar-refractivity contribution in [2.24, 2.45) is 0 Å². The Labute approximate surface area is 169 Å². The van der Waals surface area contributed by atoms with Crippen molar-refractivity contribution in [3.63, 3.8) is 0 Å². The van der Waals surface area contributed by atoms with E-state index < -0.39 is 0 Å². The highest BCUT2D eigenvalue weighted by Gasteiger charge is 2.25. The van der Waals surface area contributed by atoms with Crippen LogP contribution in [0.4, 0.5) is 5.69 Å². The van der Waals surface area contributed by atoms with Crippen LogP contribution >= 0.6 is 11.6 Å². The van der Waals surface area contributed by atoms with Crippen molar-refractivity contribution in [2.45, 2.75) is 12.8 Å². The maximum Gasteiger partial charge on any atom is 0.272 e. The number of likely N-dealkylation sites (tertiary alicyclic amines) is 1. The van der Waals surface area contributed by atoms with Gasteiger partial charge in [-0.3, -0.25) is 14.6 Å². The Morgan fingerprint density at radius 1 is 0.857 bits per heavy atom. The van der Waals surface area contributed by atoms with E-state index in [0.717, 1.165) is 44.7 Å². The number of hydrogen-bond acceptors (Lipinski definition) is 4. The number of hydrogen-bond donors (Lipinski definition) is 0. The monoisotopic (exact) mass is 398 g/mol. The molecule has 2 aliphatic heterocycles. The third-order valence-corrected chi connectivity index (χ3v) is 5.59. The van der Waals surface area contributed by atoms with Crippen molar-refractivity contribution < 1.29 is 9.59 Å². The molecule has 3 heterocycles. The van der Waals surface area contributed by atoms with Crippen LogP contribution in [0, 0.1) is 0 Å². The number of pyridine rings is 1. The van der Waals surface area contributed by atoms with Gasteiger partial charge in [-0.25, -0.2) is 0 Å². The standard InChI is InChI=1S/C21H23ClN4O2/c22-17-4-3-5-18(15-17)24-10-12-26(13-11-24)21(28)19-14-16(6-7-23-19)20(27)25-8-1-2-9-25/h3-7,14-15H,1-2,8-13H2. The van der Waals surface area contributed by atoms with E-state index in [-0.39, 0.29) is 11.8 Å². The van der Waals surface area contributed by atoms with Gasteiger partial charge in [0.1, 0.15) is 5.69 Å². The van der Waals surface area contributed by atoms with Gasteiger partial charge in [-0.15, -0.1) is 0 Å². The van der Waals surface area contributed by atoms with Gasteiger partial charge in [-0.2, -0.15) is 0 Å². The lowest BCUT2D eigenvalue weighted by atomic mass is 10.1. The molecule has 0 N–H and O–H groups in total. The zero-order valence-electron chi connectivity index (χ0n) is 15.7. The Hall–Kier alpha value is -2.60. The highest BCUT2D eigenvalue weighted by Crippen LogP contribution is 2.21. The third kappa shape index (κ3) is 3.97. The summed E-state index contributed by atoms with van der Waals surface area (Å²) in [5.41, 5.74) is 1.94. The fourth-order valence-electron chi connectivity index (χ4n) is 3.79. The molecular weight excluding hydrogens is 376 g/mol. The largest absolute Gasteiger partial charge is 0.368 e. The summed E-state index contributed by atoms with van der Waals surface area (Å²) >= 11 is 6.08. The molecule has 0 bridgehead atoms. The zero-order chi connectivity index (χ0) is 19.5. The quantitative estimate of drug-likeness (QED) is 0.797. The van der Waals surface area contributed by atoms with Crippen LogP contribution in [0.2, 0.25) is 5.02 Å². The van der Waals surface area contributed by atoms with Gasteiger partial charge in [-0.05, 0) is 43.2 Å². The van der Waals surface area contributed by atoms with Crippen molar-refractivity contribution in [2.75, 3.05) is 44.2 Å². The van der Waals surface area contributed by atoms with Crippen LogP contribution in [-0.2, 0) is 0 Å². The molecule has 0 saturated carbocycles.